The standard InChI is InChI=1S/C20H24N6O/c1-14-3-5-26(6-4-14)13-20(27)24-19-8-15-7-16(9-21-18(15)11-22-19)17-10-23-25(2)12-17/h7-12,14H,3-6,13H2,1-2H3,(H,22,24,27). The van der Waals surface area contributed by atoms with Gasteiger partial charge in [-0.2, -0.15) is 5.10 Å². The number of carbonyl (C=O) groups excluding carboxylic acids is 1. The topological polar surface area (TPSA) is 75.9 Å². The van der Waals surface area contributed by atoms with E-state index >= 15 is 0 Å². The van der Waals surface area contributed by atoms with Crippen LogP contribution in [-0.4, -0.2) is 50.2 Å². The molecular formula is C20H24N6O. The van der Waals surface area contributed by atoms with Crippen LogP contribution in [0.25, 0.3) is 22.0 Å². The third-order valence-electron chi connectivity index (χ3n) is 5.12. The third kappa shape index (κ3) is 4.14. The van der Waals surface area contributed by atoms with Gasteiger partial charge in [0.15, 0.2) is 0 Å². The highest BCUT2D eigenvalue weighted by atomic mass is 16.2. The molecule has 1 amide bonds. The quantitative estimate of drug-likeness (QED) is 0.770. The molecule has 0 aromatic carbocycles. The van der Waals surface area contributed by atoms with Gasteiger partial charge in [0.2, 0.25) is 5.91 Å². The first-order valence-electron chi connectivity index (χ1n) is 9.34. The van der Waals surface area contributed by atoms with Crippen LogP contribution in [0.3, 0.4) is 0 Å². The smallest absolute Gasteiger partial charge is 0.239 e. The van der Waals surface area contributed by atoms with Crippen molar-refractivity contribution in [2.45, 2.75) is 19.8 Å². The SMILES string of the molecule is CC1CCN(CC(=O)Nc2cc3cc(-c4cnn(C)c4)cnc3cn2)CC1. The zero-order valence-electron chi connectivity index (χ0n) is 15.7. The van der Waals surface area contributed by atoms with E-state index in [2.05, 4.69) is 32.2 Å². The molecule has 27 heavy (non-hydrogen) atoms. The van der Waals surface area contributed by atoms with Gasteiger partial charge in [-0.25, -0.2) is 4.98 Å². The molecule has 3 aromatic heterocycles. The number of pyridine rings is 2. The summed E-state index contributed by atoms with van der Waals surface area (Å²) in [5, 5.41) is 8.06. The number of fused-ring (bicyclic) bond motifs is 1. The third-order valence-corrected chi connectivity index (χ3v) is 5.12. The first kappa shape index (κ1) is 17.6. The van der Waals surface area contributed by atoms with Crippen molar-refractivity contribution < 1.29 is 4.79 Å². The second kappa shape index (κ2) is 7.44. The first-order chi connectivity index (χ1) is 13.1. The van der Waals surface area contributed by atoms with Crippen molar-refractivity contribution in [2.24, 2.45) is 13.0 Å². The Kier molecular flexibility index (Phi) is 4.85. The summed E-state index contributed by atoms with van der Waals surface area (Å²) in [6.45, 7) is 4.65. The molecule has 7 heteroatoms. The molecule has 7 nitrogen and oxygen atoms in total. The maximum Gasteiger partial charge on any atom is 0.239 e. The minimum Gasteiger partial charge on any atom is -0.310 e. The van der Waals surface area contributed by atoms with Crippen LogP contribution in [-0.2, 0) is 11.8 Å². The Hall–Kier alpha value is -2.80. The van der Waals surface area contributed by atoms with Gasteiger partial charge in [-0.1, -0.05) is 6.92 Å². The van der Waals surface area contributed by atoms with Crippen molar-refractivity contribution in [3.05, 3.63) is 36.9 Å². The number of anilines is 1. The minimum absolute atomic E-state index is 0.0206. The van der Waals surface area contributed by atoms with Crippen LogP contribution in [0.2, 0.25) is 0 Å². The largest absolute Gasteiger partial charge is 0.310 e. The van der Waals surface area contributed by atoms with Gasteiger partial charge in [0.05, 0.1) is 24.5 Å². The van der Waals surface area contributed by atoms with Crippen LogP contribution >= 0.6 is 0 Å². The second-order valence-corrected chi connectivity index (χ2v) is 7.40. The van der Waals surface area contributed by atoms with Crippen LogP contribution < -0.4 is 5.32 Å². The fourth-order valence-corrected chi connectivity index (χ4v) is 3.43. The fourth-order valence-electron chi connectivity index (χ4n) is 3.43. The summed E-state index contributed by atoms with van der Waals surface area (Å²) in [5.74, 6) is 1.30. The molecule has 0 radical (unpaired) electrons. The molecular weight excluding hydrogens is 340 g/mol. The summed E-state index contributed by atoms with van der Waals surface area (Å²) in [7, 11) is 1.89. The van der Waals surface area contributed by atoms with E-state index in [4.69, 9.17) is 0 Å². The Morgan fingerprint density at radius 2 is 1.96 bits per heavy atom. The van der Waals surface area contributed by atoms with E-state index in [1.807, 2.05) is 37.8 Å². The summed E-state index contributed by atoms with van der Waals surface area (Å²) >= 11 is 0. The van der Waals surface area contributed by atoms with Crippen LogP contribution in [0.5, 0.6) is 0 Å². The van der Waals surface area contributed by atoms with E-state index in [9.17, 15) is 4.79 Å². The molecule has 1 aliphatic heterocycles. The number of aromatic nitrogens is 4. The Labute approximate surface area is 158 Å². The molecule has 1 N–H and O–H groups in total. The Bertz CT molecular complexity index is 958. The van der Waals surface area contributed by atoms with Crippen molar-refractivity contribution in [3.63, 3.8) is 0 Å². The number of nitrogens with one attached hydrogen (secondary N) is 1. The van der Waals surface area contributed by atoms with Gasteiger partial charge in [-0.05, 0) is 44.0 Å². The monoisotopic (exact) mass is 364 g/mol. The number of aryl methyl sites for hydroxylation is 1. The lowest BCUT2D eigenvalue weighted by atomic mass is 9.99. The molecule has 1 saturated heterocycles. The Balaban J connectivity index is 1.48. The summed E-state index contributed by atoms with van der Waals surface area (Å²) in [4.78, 5) is 23.4. The predicted octanol–water partition coefficient (Wildman–Crippen LogP) is 2.70. The van der Waals surface area contributed by atoms with Gasteiger partial charge in [0.1, 0.15) is 5.82 Å². The highest BCUT2D eigenvalue weighted by Gasteiger charge is 2.18. The Morgan fingerprint density at radius 1 is 1.15 bits per heavy atom. The predicted molar refractivity (Wildman–Crippen MR) is 105 cm³/mol. The van der Waals surface area contributed by atoms with Crippen molar-refractivity contribution in [2.75, 3.05) is 25.0 Å². The molecule has 1 aliphatic rings. The van der Waals surface area contributed by atoms with Gasteiger partial charge in [-0.3, -0.25) is 19.4 Å². The van der Waals surface area contributed by atoms with Crippen molar-refractivity contribution in [1.29, 1.82) is 0 Å². The highest BCUT2D eigenvalue weighted by Crippen LogP contribution is 2.23. The number of hydrogen-bond donors (Lipinski definition) is 1. The zero-order valence-corrected chi connectivity index (χ0v) is 15.7. The lowest BCUT2D eigenvalue weighted by molar-refractivity contribution is -0.117. The summed E-state index contributed by atoms with van der Waals surface area (Å²) in [6, 6.07) is 3.92. The number of likely N-dealkylation sites (tertiary alicyclic amines) is 1. The van der Waals surface area contributed by atoms with Gasteiger partial charge in [0.25, 0.3) is 0 Å². The average Bonchev–Trinajstić information content (AvgIpc) is 3.09. The van der Waals surface area contributed by atoms with Gasteiger partial charge in [-0.15, -0.1) is 0 Å². The summed E-state index contributed by atoms with van der Waals surface area (Å²) in [6.07, 6.45) is 9.59. The molecule has 0 atom stereocenters. The maximum atomic E-state index is 12.4. The van der Waals surface area contributed by atoms with Crippen molar-refractivity contribution in [3.8, 4) is 11.1 Å². The zero-order chi connectivity index (χ0) is 18.8. The normalized spacial score (nSPS) is 15.9. The lowest BCUT2D eigenvalue weighted by Gasteiger charge is -2.29. The molecule has 1 fully saturated rings. The number of hydrogen-bond acceptors (Lipinski definition) is 5. The van der Waals surface area contributed by atoms with E-state index in [0.717, 1.165) is 53.9 Å². The Morgan fingerprint density at radius 3 is 2.70 bits per heavy atom. The molecule has 0 aliphatic carbocycles. The van der Waals surface area contributed by atoms with Gasteiger partial charge in [0, 0.05) is 36.0 Å². The average molecular weight is 364 g/mol. The van der Waals surface area contributed by atoms with E-state index < -0.39 is 0 Å². The highest BCUT2D eigenvalue weighted by molar-refractivity contribution is 5.93. The van der Waals surface area contributed by atoms with E-state index in [1.165, 1.54) is 0 Å². The molecule has 3 aromatic rings. The van der Waals surface area contributed by atoms with Gasteiger partial charge < -0.3 is 5.32 Å². The molecule has 0 saturated carbocycles. The van der Waals surface area contributed by atoms with Gasteiger partial charge >= 0.3 is 0 Å². The van der Waals surface area contributed by atoms with E-state index in [0.29, 0.717) is 12.4 Å². The minimum atomic E-state index is -0.0206. The molecule has 4 rings (SSSR count). The molecule has 0 bridgehead atoms. The number of amides is 1. The van der Waals surface area contributed by atoms with Crippen molar-refractivity contribution >= 4 is 22.6 Å². The van der Waals surface area contributed by atoms with Crippen LogP contribution in [0, 0.1) is 5.92 Å². The van der Waals surface area contributed by atoms with Crippen LogP contribution in [0.4, 0.5) is 5.82 Å². The number of nitrogens with zero attached hydrogens (tertiary/aromatic N) is 5. The second-order valence-electron chi connectivity index (χ2n) is 7.40. The fraction of sp³-hybridized carbons (Fsp3) is 0.400. The maximum absolute atomic E-state index is 12.4. The first-order valence-corrected chi connectivity index (χ1v) is 9.34. The van der Waals surface area contributed by atoms with E-state index in [1.54, 1.807) is 10.9 Å². The molecule has 0 unspecified atom stereocenters. The molecule has 4 heterocycles. The lowest BCUT2D eigenvalue weighted by Crippen LogP contribution is -2.38. The summed E-state index contributed by atoms with van der Waals surface area (Å²) < 4.78 is 1.76. The number of carbonyl (C=O) groups is 1. The molecule has 0 spiro atoms. The summed E-state index contributed by atoms with van der Waals surface area (Å²) in [5.41, 5.74) is 2.79. The number of piperidine rings is 1. The number of rotatable bonds is 4. The van der Waals surface area contributed by atoms with Crippen LogP contribution in [0.15, 0.2) is 36.9 Å². The van der Waals surface area contributed by atoms with Crippen molar-refractivity contribution in [1.82, 2.24) is 24.6 Å². The van der Waals surface area contributed by atoms with Crippen LogP contribution in [0.1, 0.15) is 19.8 Å². The molecule has 140 valence electrons. The van der Waals surface area contributed by atoms with E-state index in [-0.39, 0.29) is 5.91 Å².